The Morgan fingerprint density at radius 2 is 1.91 bits per heavy atom. The Bertz CT molecular complexity index is 1280. The fourth-order valence-corrected chi connectivity index (χ4v) is 4.40. The van der Waals surface area contributed by atoms with Gasteiger partial charge in [0.05, 0.1) is 35.5 Å². The quantitative estimate of drug-likeness (QED) is 0.400. The molecule has 0 fully saturated rings. The van der Waals surface area contributed by atoms with E-state index >= 15 is 0 Å². The normalized spacial score (nSPS) is 10.8. The number of ether oxygens (including phenoxy) is 1. The van der Waals surface area contributed by atoms with Crippen molar-refractivity contribution in [1.82, 2.24) is 15.1 Å². The van der Waals surface area contributed by atoms with Crippen LogP contribution in [0.3, 0.4) is 0 Å². The highest BCUT2D eigenvalue weighted by atomic mass is 32.1. The molecule has 3 N–H and O–H groups in total. The highest BCUT2D eigenvalue weighted by molar-refractivity contribution is 7.20. The fraction of sp³-hybridized carbons (Fsp3) is 0.174. The Balaban J connectivity index is 1.58. The Labute approximate surface area is 188 Å². The van der Waals surface area contributed by atoms with Crippen molar-refractivity contribution in [2.24, 2.45) is 0 Å². The summed E-state index contributed by atoms with van der Waals surface area (Å²) in [5.74, 6) is -0.297. The van der Waals surface area contributed by atoms with Crippen molar-refractivity contribution in [3.63, 3.8) is 0 Å². The van der Waals surface area contributed by atoms with Crippen molar-refractivity contribution in [2.75, 3.05) is 25.6 Å². The first-order valence-electron chi connectivity index (χ1n) is 9.95. The number of anilines is 1. The number of methoxy groups -OCH3 is 1. The molecule has 8 nitrogen and oxygen atoms in total. The zero-order valence-electron chi connectivity index (χ0n) is 17.6. The lowest BCUT2D eigenvalue weighted by Crippen LogP contribution is -2.26. The van der Waals surface area contributed by atoms with Gasteiger partial charge in [0.2, 0.25) is 0 Å². The van der Waals surface area contributed by atoms with Crippen molar-refractivity contribution in [2.45, 2.75) is 6.92 Å². The van der Waals surface area contributed by atoms with Crippen LogP contribution < -0.4 is 15.4 Å². The van der Waals surface area contributed by atoms with Gasteiger partial charge < -0.3 is 20.5 Å². The average molecular weight is 451 g/mol. The summed E-state index contributed by atoms with van der Waals surface area (Å²) in [6, 6.07) is 16.4. The summed E-state index contributed by atoms with van der Waals surface area (Å²) in [4.78, 5) is 26.6. The second-order valence-electron chi connectivity index (χ2n) is 7.01. The average Bonchev–Trinajstić information content (AvgIpc) is 3.38. The summed E-state index contributed by atoms with van der Waals surface area (Å²) in [5.41, 5.74) is 2.60. The van der Waals surface area contributed by atoms with Crippen LogP contribution in [-0.2, 0) is 0 Å². The lowest BCUT2D eigenvalue weighted by Gasteiger charge is -2.11. The number of aliphatic hydroxyl groups is 1. The maximum absolute atomic E-state index is 12.9. The molecule has 0 atom stereocenters. The van der Waals surface area contributed by atoms with E-state index in [1.807, 2.05) is 48.0 Å². The second kappa shape index (κ2) is 9.21. The number of hydrogen-bond donors (Lipinski definition) is 3. The van der Waals surface area contributed by atoms with Crippen molar-refractivity contribution in [3.05, 3.63) is 70.7 Å². The van der Waals surface area contributed by atoms with Crippen LogP contribution in [0.15, 0.2) is 54.6 Å². The first-order valence-corrected chi connectivity index (χ1v) is 10.8. The molecule has 2 aromatic carbocycles. The SMILES string of the molecule is COc1cc(NC(=O)c2cc3c(C)nn(-c4ccccc4)c3s2)ccc1C(=O)NCCO. The maximum atomic E-state index is 12.9. The van der Waals surface area contributed by atoms with Crippen LogP contribution in [0.1, 0.15) is 25.7 Å². The van der Waals surface area contributed by atoms with E-state index in [1.165, 1.54) is 18.4 Å². The van der Waals surface area contributed by atoms with E-state index in [0.717, 1.165) is 21.6 Å². The number of carbonyl (C=O) groups excluding carboxylic acids is 2. The molecule has 0 aliphatic rings. The van der Waals surface area contributed by atoms with Crippen molar-refractivity contribution < 1.29 is 19.4 Å². The molecular formula is C23H22N4O4S. The second-order valence-corrected chi connectivity index (χ2v) is 8.04. The third-order valence-electron chi connectivity index (χ3n) is 4.87. The molecule has 164 valence electrons. The Kier molecular flexibility index (Phi) is 6.20. The molecule has 4 aromatic rings. The summed E-state index contributed by atoms with van der Waals surface area (Å²) in [6.07, 6.45) is 0. The summed E-state index contributed by atoms with van der Waals surface area (Å²) >= 11 is 1.36. The lowest BCUT2D eigenvalue weighted by atomic mass is 10.1. The van der Waals surface area contributed by atoms with Gasteiger partial charge in [-0.15, -0.1) is 11.3 Å². The molecule has 0 saturated heterocycles. The number of para-hydroxylation sites is 1. The highest BCUT2D eigenvalue weighted by Gasteiger charge is 2.18. The van der Waals surface area contributed by atoms with E-state index in [2.05, 4.69) is 15.7 Å². The van der Waals surface area contributed by atoms with E-state index in [0.29, 0.717) is 21.9 Å². The summed E-state index contributed by atoms with van der Waals surface area (Å²) < 4.78 is 7.15. The van der Waals surface area contributed by atoms with Gasteiger partial charge in [0.25, 0.3) is 11.8 Å². The number of carbonyl (C=O) groups is 2. The molecule has 4 rings (SSSR count). The highest BCUT2D eigenvalue weighted by Crippen LogP contribution is 2.31. The van der Waals surface area contributed by atoms with Gasteiger partial charge in [0, 0.05) is 23.7 Å². The molecule has 2 aromatic heterocycles. The molecule has 2 amide bonds. The largest absolute Gasteiger partial charge is 0.496 e. The van der Waals surface area contributed by atoms with E-state index in [-0.39, 0.29) is 25.0 Å². The molecule has 0 radical (unpaired) electrons. The molecule has 2 heterocycles. The zero-order chi connectivity index (χ0) is 22.7. The predicted molar refractivity (Wildman–Crippen MR) is 124 cm³/mol. The van der Waals surface area contributed by atoms with Gasteiger partial charge in [-0.1, -0.05) is 18.2 Å². The van der Waals surface area contributed by atoms with Crippen LogP contribution in [0.5, 0.6) is 5.75 Å². The summed E-state index contributed by atoms with van der Waals surface area (Å²) in [7, 11) is 1.45. The van der Waals surface area contributed by atoms with Gasteiger partial charge in [-0.3, -0.25) is 9.59 Å². The van der Waals surface area contributed by atoms with Gasteiger partial charge in [0.15, 0.2) is 0 Å². The molecule has 0 spiro atoms. The molecule has 0 bridgehead atoms. The number of nitrogens with zero attached hydrogens (tertiary/aromatic N) is 2. The number of aryl methyl sites for hydroxylation is 1. The molecule has 0 saturated carbocycles. The lowest BCUT2D eigenvalue weighted by molar-refractivity contribution is 0.0941. The third kappa shape index (κ3) is 4.20. The van der Waals surface area contributed by atoms with Crippen molar-refractivity contribution in [1.29, 1.82) is 0 Å². The topological polar surface area (TPSA) is 105 Å². The van der Waals surface area contributed by atoms with Gasteiger partial charge in [-0.05, 0) is 37.3 Å². The van der Waals surface area contributed by atoms with Crippen molar-refractivity contribution in [3.8, 4) is 11.4 Å². The van der Waals surface area contributed by atoms with Crippen LogP contribution in [0, 0.1) is 6.92 Å². The number of fused-ring (bicyclic) bond motifs is 1. The Morgan fingerprint density at radius 3 is 2.62 bits per heavy atom. The summed E-state index contributed by atoms with van der Waals surface area (Å²) in [5, 5.41) is 19.9. The van der Waals surface area contributed by atoms with Gasteiger partial charge in [-0.25, -0.2) is 4.68 Å². The van der Waals surface area contributed by atoms with Gasteiger partial charge >= 0.3 is 0 Å². The van der Waals surface area contributed by atoms with Gasteiger partial charge in [0.1, 0.15) is 10.6 Å². The standard InChI is InChI=1S/C23H22N4O4S/c1-14-18-13-20(32-23(18)27(26-14)16-6-4-3-5-7-16)22(30)25-15-8-9-17(19(12-15)31-2)21(29)24-10-11-28/h3-9,12-13,28H,10-11H2,1-2H3,(H,24,29)(H,25,30). The number of amides is 2. The van der Waals surface area contributed by atoms with E-state index in [1.54, 1.807) is 18.2 Å². The van der Waals surface area contributed by atoms with Gasteiger partial charge in [-0.2, -0.15) is 5.10 Å². The molecule has 0 unspecified atom stereocenters. The van der Waals surface area contributed by atoms with Crippen molar-refractivity contribution >= 4 is 39.1 Å². The zero-order valence-corrected chi connectivity index (χ0v) is 18.4. The third-order valence-corrected chi connectivity index (χ3v) is 5.98. The van der Waals surface area contributed by atoms with E-state index in [4.69, 9.17) is 9.84 Å². The Hall–Kier alpha value is -3.69. The fourth-order valence-electron chi connectivity index (χ4n) is 3.32. The molecule has 0 aliphatic carbocycles. The minimum absolute atomic E-state index is 0.145. The molecule has 0 aliphatic heterocycles. The number of aromatic nitrogens is 2. The van der Waals surface area contributed by atoms with Crippen LogP contribution in [-0.4, -0.2) is 47.0 Å². The summed E-state index contributed by atoms with van der Waals surface area (Å²) in [6.45, 7) is 1.91. The maximum Gasteiger partial charge on any atom is 0.265 e. The molecule has 9 heteroatoms. The number of aliphatic hydroxyl groups excluding tert-OH is 1. The number of thiophene rings is 1. The smallest absolute Gasteiger partial charge is 0.265 e. The number of rotatable bonds is 7. The van der Waals surface area contributed by atoms with E-state index < -0.39 is 0 Å². The van der Waals surface area contributed by atoms with Crippen LogP contribution in [0.25, 0.3) is 15.9 Å². The first-order chi connectivity index (χ1) is 15.5. The minimum atomic E-state index is -0.362. The predicted octanol–water partition coefficient (Wildman–Crippen LogP) is 3.38. The van der Waals surface area contributed by atoms with E-state index in [9.17, 15) is 9.59 Å². The number of hydrogen-bond acceptors (Lipinski definition) is 6. The Morgan fingerprint density at radius 1 is 1.12 bits per heavy atom. The first kappa shape index (κ1) is 21.5. The molecular weight excluding hydrogens is 428 g/mol. The number of nitrogens with one attached hydrogen (secondary N) is 2. The molecule has 32 heavy (non-hydrogen) atoms. The minimum Gasteiger partial charge on any atom is -0.496 e. The van der Waals surface area contributed by atoms with Crippen LogP contribution in [0.4, 0.5) is 5.69 Å². The number of benzene rings is 2. The van der Waals surface area contributed by atoms with Crippen LogP contribution >= 0.6 is 11.3 Å². The van der Waals surface area contributed by atoms with Crippen LogP contribution in [0.2, 0.25) is 0 Å². The monoisotopic (exact) mass is 450 g/mol.